The van der Waals surface area contributed by atoms with Gasteiger partial charge in [0, 0.05) is 31.1 Å². The third-order valence-corrected chi connectivity index (χ3v) is 5.98. The highest BCUT2D eigenvalue weighted by molar-refractivity contribution is 6.27. The third kappa shape index (κ3) is 3.09. The van der Waals surface area contributed by atoms with Crippen LogP contribution >= 0.6 is 11.6 Å². The van der Waals surface area contributed by atoms with Gasteiger partial charge in [-0.25, -0.2) is 13.5 Å². The topological polar surface area (TPSA) is 63.9 Å². The van der Waals surface area contributed by atoms with Crippen LogP contribution in [0.3, 0.4) is 0 Å². The Labute approximate surface area is 160 Å². The smallest absolute Gasteiger partial charge is 0.238 e. The molecule has 0 spiro atoms. The molecule has 0 saturated heterocycles. The molecule has 2 aromatic rings. The highest BCUT2D eigenvalue weighted by Crippen LogP contribution is 2.33. The lowest BCUT2D eigenvalue weighted by Gasteiger charge is -2.34. The van der Waals surface area contributed by atoms with Gasteiger partial charge in [0.2, 0.25) is 5.91 Å². The quantitative estimate of drug-likeness (QED) is 0.745. The van der Waals surface area contributed by atoms with Crippen LogP contribution in [0.4, 0.5) is 8.78 Å². The molecule has 0 radical (unpaired) electrons. The fourth-order valence-corrected chi connectivity index (χ4v) is 4.41. The number of tetrazole rings is 1. The van der Waals surface area contributed by atoms with Crippen molar-refractivity contribution in [3.63, 3.8) is 0 Å². The summed E-state index contributed by atoms with van der Waals surface area (Å²) in [5.41, 5.74) is 2.36. The number of halogens is 3. The van der Waals surface area contributed by atoms with Crippen LogP contribution in [0.15, 0.2) is 0 Å². The molecule has 0 N–H and O–H groups in total. The minimum Gasteiger partial charge on any atom is -0.334 e. The van der Waals surface area contributed by atoms with Crippen molar-refractivity contribution in [2.24, 2.45) is 0 Å². The molecule has 2 heterocycles. The number of fused-ring (bicyclic) bond motifs is 2. The van der Waals surface area contributed by atoms with Crippen LogP contribution in [0.25, 0.3) is 0 Å². The number of nitrogens with zero attached hydrogens (tertiary/aromatic N) is 5. The van der Waals surface area contributed by atoms with Crippen molar-refractivity contribution in [3.05, 3.63) is 39.7 Å². The predicted octanol–water partition coefficient (Wildman–Crippen LogP) is 2.33. The minimum atomic E-state index is -0.846. The van der Waals surface area contributed by atoms with Gasteiger partial charge in [-0.05, 0) is 59.7 Å². The van der Waals surface area contributed by atoms with Crippen LogP contribution in [0.1, 0.15) is 40.9 Å². The summed E-state index contributed by atoms with van der Waals surface area (Å²) in [4.78, 5) is 14.1. The highest BCUT2D eigenvalue weighted by atomic mass is 35.5. The summed E-state index contributed by atoms with van der Waals surface area (Å²) in [5.74, 6) is -1.46. The normalized spacial score (nSPS) is 18.3. The molecule has 1 amide bonds. The van der Waals surface area contributed by atoms with Crippen molar-refractivity contribution in [1.82, 2.24) is 25.1 Å². The van der Waals surface area contributed by atoms with E-state index in [0.29, 0.717) is 37.2 Å². The van der Waals surface area contributed by atoms with E-state index >= 15 is 0 Å². The summed E-state index contributed by atoms with van der Waals surface area (Å²) in [7, 11) is 0. The van der Waals surface area contributed by atoms with Gasteiger partial charge in [0.15, 0.2) is 17.5 Å². The first-order valence-electron chi connectivity index (χ1n) is 9.10. The molecule has 1 aliphatic heterocycles. The summed E-state index contributed by atoms with van der Waals surface area (Å²) < 4.78 is 31.1. The van der Waals surface area contributed by atoms with Crippen molar-refractivity contribution in [2.75, 3.05) is 5.88 Å². The molecule has 1 aromatic carbocycles. The highest BCUT2D eigenvalue weighted by Gasteiger charge is 2.32. The first-order chi connectivity index (χ1) is 13.0. The second-order valence-corrected chi connectivity index (χ2v) is 7.43. The number of hydrogen-bond acceptors (Lipinski definition) is 4. The summed E-state index contributed by atoms with van der Waals surface area (Å²) >= 11 is 5.81. The Morgan fingerprint density at radius 1 is 1.30 bits per heavy atom. The molecule has 1 aliphatic carbocycles. The van der Waals surface area contributed by atoms with Crippen LogP contribution < -0.4 is 0 Å². The number of aromatic nitrogens is 4. The fourth-order valence-electron chi connectivity index (χ4n) is 4.26. The van der Waals surface area contributed by atoms with E-state index in [0.717, 1.165) is 24.0 Å². The van der Waals surface area contributed by atoms with Gasteiger partial charge in [-0.1, -0.05) is 0 Å². The molecule has 27 heavy (non-hydrogen) atoms. The molecule has 144 valence electrons. The standard InChI is InChI=1S/C18H20ClF2N5O/c1-10-12-3-2-4-13(12)17(20)18(21)14(10)9-25(16(27)8-19)11-5-6-26-15(7-11)22-23-24-26/h11H,2-9H2,1H3. The van der Waals surface area contributed by atoms with Gasteiger partial charge in [0.05, 0.1) is 0 Å². The molecular weight excluding hydrogens is 376 g/mol. The first kappa shape index (κ1) is 18.3. The van der Waals surface area contributed by atoms with Gasteiger partial charge in [0.25, 0.3) is 0 Å². The van der Waals surface area contributed by atoms with Crippen molar-refractivity contribution in [3.8, 4) is 0 Å². The maximum Gasteiger partial charge on any atom is 0.238 e. The molecule has 0 fully saturated rings. The predicted molar refractivity (Wildman–Crippen MR) is 94.3 cm³/mol. The third-order valence-electron chi connectivity index (χ3n) is 5.75. The van der Waals surface area contributed by atoms with Crippen molar-refractivity contribution >= 4 is 17.5 Å². The van der Waals surface area contributed by atoms with Gasteiger partial charge in [-0.15, -0.1) is 16.7 Å². The number of alkyl halides is 1. The van der Waals surface area contributed by atoms with Crippen molar-refractivity contribution < 1.29 is 13.6 Å². The van der Waals surface area contributed by atoms with Crippen molar-refractivity contribution in [1.29, 1.82) is 0 Å². The molecule has 1 aromatic heterocycles. The molecule has 1 unspecified atom stereocenters. The largest absolute Gasteiger partial charge is 0.334 e. The summed E-state index contributed by atoms with van der Waals surface area (Å²) in [6, 6.07) is -0.204. The number of amides is 1. The maximum atomic E-state index is 14.8. The number of rotatable bonds is 4. The SMILES string of the molecule is Cc1c(CN(C(=O)CCl)C2CCn3nnnc3C2)c(F)c(F)c2c1CCC2. The summed E-state index contributed by atoms with van der Waals surface area (Å²) in [5, 5.41) is 11.5. The van der Waals surface area contributed by atoms with E-state index in [9.17, 15) is 13.6 Å². The lowest BCUT2D eigenvalue weighted by Crippen LogP contribution is -2.45. The summed E-state index contributed by atoms with van der Waals surface area (Å²) in [6.07, 6.45) is 3.23. The lowest BCUT2D eigenvalue weighted by atomic mass is 9.95. The fraction of sp³-hybridized carbons (Fsp3) is 0.556. The summed E-state index contributed by atoms with van der Waals surface area (Å²) in [6.45, 7) is 2.38. The number of hydrogen-bond donors (Lipinski definition) is 0. The number of benzene rings is 1. The zero-order valence-corrected chi connectivity index (χ0v) is 15.8. The molecule has 1 atom stereocenters. The van der Waals surface area contributed by atoms with Crippen LogP contribution in [0.2, 0.25) is 0 Å². The van der Waals surface area contributed by atoms with Crippen molar-refractivity contribution in [2.45, 2.75) is 58.2 Å². The average Bonchev–Trinajstić information content (AvgIpc) is 3.34. The maximum absolute atomic E-state index is 14.8. The van der Waals surface area contributed by atoms with Gasteiger partial charge >= 0.3 is 0 Å². The Morgan fingerprint density at radius 2 is 2.07 bits per heavy atom. The lowest BCUT2D eigenvalue weighted by molar-refractivity contribution is -0.132. The van der Waals surface area contributed by atoms with Crippen LogP contribution in [-0.2, 0) is 37.1 Å². The molecule has 9 heteroatoms. The Morgan fingerprint density at radius 3 is 2.85 bits per heavy atom. The van der Waals surface area contributed by atoms with E-state index in [1.54, 1.807) is 9.58 Å². The Balaban J connectivity index is 1.68. The van der Waals surface area contributed by atoms with E-state index in [4.69, 9.17) is 11.6 Å². The van der Waals surface area contributed by atoms with Gasteiger partial charge in [0.1, 0.15) is 5.88 Å². The van der Waals surface area contributed by atoms with E-state index < -0.39 is 11.6 Å². The second-order valence-electron chi connectivity index (χ2n) is 7.16. The van der Waals surface area contributed by atoms with E-state index in [-0.39, 0.29) is 29.9 Å². The molecule has 6 nitrogen and oxygen atoms in total. The van der Waals surface area contributed by atoms with E-state index in [2.05, 4.69) is 15.5 Å². The minimum absolute atomic E-state index is 0.000345. The first-order valence-corrected chi connectivity index (χ1v) is 9.63. The zero-order valence-electron chi connectivity index (χ0n) is 15.0. The molecule has 0 bridgehead atoms. The van der Waals surface area contributed by atoms with E-state index in [1.807, 2.05) is 6.92 Å². The molecule has 4 rings (SSSR count). The van der Waals surface area contributed by atoms with Crippen LogP contribution in [0, 0.1) is 18.6 Å². The monoisotopic (exact) mass is 395 g/mol. The molecular formula is C18H20ClF2N5O. The molecule has 2 aliphatic rings. The number of aryl methyl sites for hydroxylation is 1. The van der Waals surface area contributed by atoms with Gasteiger partial charge in [-0.2, -0.15) is 0 Å². The second kappa shape index (κ2) is 7.14. The Hall–Kier alpha value is -2.09. The molecule has 0 saturated carbocycles. The number of carbonyl (C=O) groups is 1. The number of carbonyl (C=O) groups excluding carboxylic acids is 1. The van der Waals surface area contributed by atoms with Gasteiger partial charge in [-0.3, -0.25) is 4.79 Å². The zero-order chi connectivity index (χ0) is 19.1. The van der Waals surface area contributed by atoms with Gasteiger partial charge < -0.3 is 4.90 Å². The van der Waals surface area contributed by atoms with Crippen LogP contribution in [0.5, 0.6) is 0 Å². The average molecular weight is 396 g/mol. The Bertz CT molecular complexity index is 900. The van der Waals surface area contributed by atoms with Crippen LogP contribution in [-0.4, -0.2) is 42.9 Å². The Kier molecular flexibility index (Phi) is 4.84. The van der Waals surface area contributed by atoms with E-state index in [1.165, 1.54) is 0 Å².